The molecule has 0 bridgehead atoms. The number of ether oxygens (including phenoxy) is 1. The van der Waals surface area contributed by atoms with Crippen LogP contribution in [-0.2, 0) is 0 Å². The Kier molecular flexibility index (Phi) is 5.63. The molecule has 0 fully saturated rings. The standard InChI is InChI=1S/C23H20O/c1-4-10-20(11-5-1)16-18-23(24-22-14-8-3-9-15-22)19-17-21-12-6-2-7-13-21/h1-19,23H. The minimum atomic E-state index is -0.132. The lowest BCUT2D eigenvalue weighted by Gasteiger charge is -2.12. The zero-order valence-electron chi connectivity index (χ0n) is 13.5. The van der Waals surface area contributed by atoms with E-state index in [1.807, 2.05) is 66.7 Å². The molecule has 0 atom stereocenters. The third-order valence-corrected chi connectivity index (χ3v) is 3.57. The van der Waals surface area contributed by atoms with E-state index in [0.717, 1.165) is 16.9 Å². The van der Waals surface area contributed by atoms with E-state index in [0.29, 0.717) is 0 Å². The molecule has 1 heteroatoms. The first kappa shape index (κ1) is 15.8. The van der Waals surface area contributed by atoms with Crippen molar-refractivity contribution in [3.05, 3.63) is 114 Å². The number of rotatable bonds is 6. The van der Waals surface area contributed by atoms with Crippen LogP contribution in [0.25, 0.3) is 12.2 Å². The van der Waals surface area contributed by atoms with Gasteiger partial charge in [-0.05, 0) is 35.4 Å². The maximum atomic E-state index is 6.08. The molecule has 0 radical (unpaired) electrons. The van der Waals surface area contributed by atoms with Crippen molar-refractivity contribution in [1.82, 2.24) is 0 Å². The van der Waals surface area contributed by atoms with Crippen molar-refractivity contribution >= 4 is 12.2 Å². The van der Waals surface area contributed by atoms with Crippen LogP contribution in [0, 0.1) is 0 Å². The molecule has 0 saturated carbocycles. The summed E-state index contributed by atoms with van der Waals surface area (Å²) >= 11 is 0. The van der Waals surface area contributed by atoms with Gasteiger partial charge in [0.15, 0.2) is 0 Å². The van der Waals surface area contributed by atoms with E-state index in [1.54, 1.807) is 0 Å². The lowest BCUT2D eigenvalue weighted by molar-refractivity contribution is 0.298. The first-order valence-electron chi connectivity index (χ1n) is 8.08. The Labute approximate surface area is 143 Å². The van der Waals surface area contributed by atoms with Crippen LogP contribution in [0.5, 0.6) is 5.75 Å². The Bertz CT molecular complexity index is 725. The molecule has 0 amide bonds. The highest BCUT2D eigenvalue weighted by Gasteiger charge is 2.02. The SMILES string of the molecule is C(=CC(C=Cc1ccccc1)Oc1ccccc1)c1ccccc1. The van der Waals surface area contributed by atoms with Crippen molar-refractivity contribution in [2.75, 3.05) is 0 Å². The lowest BCUT2D eigenvalue weighted by Crippen LogP contribution is -2.09. The average molecular weight is 312 g/mol. The number of hydrogen-bond donors (Lipinski definition) is 0. The minimum Gasteiger partial charge on any atom is -0.482 e. The Balaban J connectivity index is 1.77. The van der Waals surface area contributed by atoms with E-state index in [9.17, 15) is 0 Å². The van der Waals surface area contributed by atoms with E-state index < -0.39 is 0 Å². The van der Waals surface area contributed by atoms with Crippen molar-refractivity contribution in [3.63, 3.8) is 0 Å². The molecule has 0 N–H and O–H groups in total. The summed E-state index contributed by atoms with van der Waals surface area (Å²) in [6.07, 6.45) is 8.18. The summed E-state index contributed by atoms with van der Waals surface area (Å²) in [5, 5.41) is 0. The molecule has 1 nitrogen and oxygen atoms in total. The monoisotopic (exact) mass is 312 g/mol. The van der Waals surface area contributed by atoms with Gasteiger partial charge in [0, 0.05) is 0 Å². The highest BCUT2D eigenvalue weighted by molar-refractivity contribution is 5.53. The zero-order valence-corrected chi connectivity index (χ0v) is 13.5. The van der Waals surface area contributed by atoms with Crippen molar-refractivity contribution in [2.45, 2.75) is 6.10 Å². The van der Waals surface area contributed by atoms with E-state index in [1.165, 1.54) is 0 Å². The van der Waals surface area contributed by atoms with Crippen LogP contribution in [0.4, 0.5) is 0 Å². The summed E-state index contributed by atoms with van der Waals surface area (Å²) < 4.78 is 6.08. The maximum Gasteiger partial charge on any atom is 0.136 e. The van der Waals surface area contributed by atoms with Crippen molar-refractivity contribution in [2.24, 2.45) is 0 Å². The van der Waals surface area contributed by atoms with Crippen LogP contribution < -0.4 is 4.74 Å². The summed E-state index contributed by atoms with van der Waals surface area (Å²) in [5.74, 6) is 0.859. The topological polar surface area (TPSA) is 9.23 Å². The molecule has 0 unspecified atom stereocenters. The molecule has 24 heavy (non-hydrogen) atoms. The average Bonchev–Trinajstić information content (AvgIpc) is 2.66. The van der Waals surface area contributed by atoms with Gasteiger partial charge < -0.3 is 4.74 Å². The lowest BCUT2D eigenvalue weighted by atomic mass is 10.1. The number of para-hydroxylation sites is 1. The van der Waals surface area contributed by atoms with Crippen LogP contribution in [0.15, 0.2) is 103 Å². The third-order valence-electron chi connectivity index (χ3n) is 3.57. The van der Waals surface area contributed by atoms with Gasteiger partial charge in [0.05, 0.1) is 0 Å². The summed E-state index contributed by atoms with van der Waals surface area (Å²) in [6.45, 7) is 0. The largest absolute Gasteiger partial charge is 0.482 e. The number of hydrogen-bond acceptors (Lipinski definition) is 1. The van der Waals surface area contributed by atoms with Crippen molar-refractivity contribution in [3.8, 4) is 5.75 Å². The summed E-state index contributed by atoms with van der Waals surface area (Å²) in [6, 6.07) is 30.4. The van der Waals surface area contributed by atoms with Gasteiger partial charge in [-0.1, -0.05) is 91.0 Å². The fourth-order valence-corrected chi connectivity index (χ4v) is 2.34. The van der Waals surface area contributed by atoms with Crippen LogP contribution in [0.1, 0.15) is 11.1 Å². The smallest absolute Gasteiger partial charge is 0.136 e. The Hall–Kier alpha value is -3.06. The molecule has 3 aromatic rings. The van der Waals surface area contributed by atoms with E-state index >= 15 is 0 Å². The second-order valence-electron chi connectivity index (χ2n) is 5.44. The van der Waals surface area contributed by atoms with Gasteiger partial charge in [0.1, 0.15) is 11.9 Å². The maximum absolute atomic E-state index is 6.08. The summed E-state index contributed by atoms with van der Waals surface area (Å²) in [7, 11) is 0. The van der Waals surface area contributed by atoms with Crippen molar-refractivity contribution in [1.29, 1.82) is 0 Å². The highest BCUT2D eigenvalue weighted by Crippen LogP contribution is 2.14. The number of benzene rings is 3. The Morgan fingerprint density at radius 3 is 1.42 bits per heavy atom. The highest BCUT2D eigenvalue weighted by atomic mass is 16.5. The molecular formula is C23H20O. The van der Waals surface area contributed by atoms with Gasteiger partial charge >= 0.3 is 0 Å². The quantitative estimate of drug-likeness (QED) is 0.554. The first-order chi connectivity index (χ1) is 11.9. The normalized spacial score (nSPS) is 12.5. The van der Waals surface area contributed by atoms with Gasteiger partial charge in [-0.2, -0.15) is 0 Å². The molecule has 0 aromatic heterocycles. The first-order valence-corrected chi connectivity index (χ1v) is 8.08. The van der Waals surface area contributed by atoms with Crippen LogP contribution in [-0.4, -0.2) is 6.10 Å². The Morgan fingerprint density at radius 2 is 0.958 bits per heavy atom. The fourth-order valence-electron chi connectivity index (χ4n) is 2.34. The molecule has 0 heterocycles. The third kappa shape index (κ3) is 4.99. The predicted octanol–water partition coefficient (Wildman–Crippen LogP) is 5.86. The second kappa shape index (κ2) is 8.54. The molecule has 0 aliphatic heterocycles. The van der Waals surface area contributed by atoms with Crippen LogP contribution in [0.2, 0.25) is 0 Å². The predicted molar refractivity (Wildman–Crippen MR) is 102 cm³/mol. The van der Waals surface area contributed by atoms with Crippen LogP contribution in [0.3, 0.4) is 0 Å². The molecule has 118 valence electrons. The van der Waals surface area contributed by atoms with E-state index in [-0.39, 0.29) is 6.10 Å². The Morgan fingerprint density at radius 1 is 0.542 bits per heavy atom. The van der Waals surface area contributed by atoms with Crippen LogP contribution >= 0.6 is 0 Å². The minimum absolute atomic E-state index is 0.132. The van der Waals surface area contributed by atoms with Gasteiger partial charge in [-0.3, -0.25) is 0 Å². The van der Waals surface area contributed by atoms with Gasteiger partial charge in [0.2, 0.25) is 0 Å². The fraction of sp³-hybridized carbons (Fsp3) is 0.0435. The molecule has 0 spiro atoms. The summed E-state index contributed by atoms with van der Waals surface area (Å²) in [4.78, 5) is 0. The van der Waals surface area contributed by atoms with E-state index in [4.69, 9.17) is 4.74 Å². The van der Waals surface area contributed by atoms with Crippen molar-refractivity contribution < 1.29 is 4.74 Å². The molecule has 3 rings (SSSR count). The van der Waals surface area contributed by atoms with Gasteiger partial charge in [-0.25, -0.2) is 0 Å². The van der Waals surface area contributed by atoms with E-state index in [2.05, 4.69) is 48.6 Å². The molecule has 0 aliphatic rings. The molecule has 3 aromatic carbocycles. The van der Waals surface area contributed by atoms with Gasteiger partial charge in [-0.15, -0.1) is 0 Å². The molecule has 0 aliphatic carbocycles. The molecule has 0 saturated heterocycles. The zero-order chi connectivity index (χ0) is 16.5. The summed E-state index contributed by atoms with van der Waals surface area (Å²) in [5.41, 5.74) is 2.32. The van der Waals surface area contributed by atoms with Gasteiger partial charge in [0.25, 0.3) is 0 Å². The second-order valence-corrected chi connectivity index (χ2v) is 5.44. The molecular weight excluding hydrogens is 292 g/mol.